The van der Waals surface area contributed by atoms with E-state index in [1.807, 2.05) is 30.3 Å². The molecule has 1 heterocycles. The average molecular weight is 303 g/mol. The second kappa shape index (κ2) is 6.37. The number of aromatic hydroxyl groups is 1. The van der Waals surface area contributed by atoms with Gasteiger partial charge in [-0.25, -0.2) is 0 Å². The highest BCUT2D eigenvalue weighted by Crippen LogP contribution is 2.22. The van der Waals surface area contributed by atoms with Crippen LogP contribution in [0.1, 0.15) is 5.56 Å². The molecule has 0 spiro atoms. The van der Waals surface area contributed by atoms with Crippen LogP contribution in [-0.2, 0) is 6.54 Å². The molecule has 1 aliphatic heterocycles. The predicted octanol–water partition coefficient (Wildman–Crippen LogP) is 3.37. The number of phenolic OH excluding ortho intramolecular Hbond substituents is 1. The number of para-hydroxylation sites is 1. The van der Waals surface area contributed by atoms with E-state index in [0.29, 0.717) is 5.75 Å². The summed E-state index contributed by atoms with van der Waals surface area (Å²) in [7, 11) is 0. The van der Waals surface area contributed by atoms with Crippen LogP contribution in [0.5, 0.6) is 5.75 Å². The molecule has 0 bridgehead atoms. The van der Waals surface area contributed by atoms with Gasteiger partial charge >= 0.3 is 0 Å². The van der Waals surface area contributed by atoms with Gasteiger partial charge in [0.05, 0.1) is 0 Å². The molecule has 0 unspecified atom stereocenters. The molecule has 21 heavy (non-hydrogen) atoms. The minimum atomic E-state index is 0.387. The van der Waals surface area contributed by atoms with Crippen LogP contribution in [0.15, 0.2) is 48.5 Å². The molecule has 4 heteroatoms. The molecular formula is C17H19ClN2O. The van der Waals surface area contributed by atoms with Crippen molar-refractivity contribution >= 4 is 17.3 Å². The van der Waals surface area contributed by atoms with E-state index < -0.39 is 0 Å². The Bertz CT molecular complexity index is 592. The highest BCUT2D eigenvalue weighted by molar-refractivity contribution is 6.30. The maximum absolute atomic E-state index is 9.85. The monoisotopic (exact) mass is 302 g/mol. The molecule has 0 saturated carbocycles. The van der Waals surface area contributed by atoms with E-state index in [4.69, 9.17) is 11.6 Å². The molecule has 1 saturated heterocycles. The highest BCUT2D eigenvalue weighted by Gasteiger charge is 2.18. The summed E-state index contributed by atoms with van der Waals surface area (Å²) in [6, 6.07) is 15.6. The lowest BCUT2D eigenvalue weighted by Gasteiger charge is -2.36. The lowest BCUT2D eigenvalue weighted by Crippen LogP contribution is -2.45. The highest BCUT2D eigenvalue weighted by atomic mass is 35.5. The Kier molecular flexibility index (Phi) is 4.32. The summed E-state index contributed by atoms with van der Waals surface area (Å²) in [6.07, 6.45) is 0. The average Bonchev–Trinajstić information content (AvgIpc) is 2.51. The zero-order valence-electron chi connectivity index (χ0n) is 11.9. The first kappa shape index (κ1) is 14.2. The van der Waals surface area contributed by atoms with Crippen LogP contribution >= 0.6 is 11.6 Å². The standard InChI is InChI=1S/C17H19ClN2O/c18-15-5-7-16(8-6-15)20-11-9-19(10-12-20)13-14-3-1-2-4-17(14)21/h1-8,21H,9-13H2. The van der Waals surface area contributed by atoms with Crippen molar-refractivity contribution in [1.82, 2.24) is 4.90 Å². The number of benzene rings is 2. The third-order valence-corrected chi connectivity index (χ3v) is 4.20. The minimum absolute atomic E-state index is 0.387. The van der Waals surface area contributed by atoms with Gasteiger partial charge in [0, 0.05) is 49.0 Å². The van der Waals surface area contributed by atoms with E-state index in [9.17, 15) is 5.11 Å². The van der Waals surface area contributed by atoms with Gasteiger partial charge in [-0.3, -0.25) is 4.90 Å². The van der Waals surface area contributed by atoms with E-state index in [1.54, 1.807) is 6.07 Å². The lowest BCUT2D eigenvalue weighted by atomic mass is 10.1. The van der Waals surface area contributed by atoms with E-state index in [-0.39, 0.29) is 0 Å². The van der Waals surface area contributed by atoms with Crippen LogP contribution in [0, 0.1) is 0 Å². The molecule has 0 atom stereocenters. The third kappa shape index (κ3) is 3.49. The molecule has 2 aromatic carbocycles. The fraction of sp³-hybridized carbons (Fsp3) is 0.294. The van der Waals surface area contributed by atoms with Gasteiger partial charge in [0.2, 0.25) is 0 Å². The Hall–Kier alpha value is -1.71. The second-order valence-corrected chi connectivity index (χ2v) is 5.80. The molecule has 1 aliphatic rings. The van der Waals surface area contributed by atoms with Crippen LogP contribution in [0.3, 0.4) is 0 Å². The Morgan fingerprint density at radius 3 is 2.24 bits per heavy atom. The van der Waals surface area contributed by atoms with Crippen molar-refractivity contribution in [3.63, 3.8) is 0 Å². The molecule has 3 nitrogen and oxygen atoms in total. The number of hydrogen-bond acceptors (Lipinski definition) is 3. The molecule has 0 radical (unpaired) electrons. The maximum atomic E-state index is 9.85. The van der Waals surface area contributed by atoms with E-state index >= 15 is 0 Å². The molecule has 1 N–H and O–H groups in total. The predicted molar refractivity (Wildman–Crippen MR) is 87.0 cm³/mol. The first-order valence-electron chi connectivity index (χ1n) is 7.22. The molecule has 110 valence electrons. The summed E-state index contributed by atoms with van der Waals surface area (Å²) < 4.78 is 0. The van der Waals surface area contributed by atoms with Crippen LogP contribution in [0.4, 0.5) is 5.69 Å². The molecule has 1 fully saturated rings. The Morgan fingerprint density at radius 2 is 1.57 bits per heavy atom. The first-order valence-corrected chi connectivity index (χ1v) is 7.60. The van der Waals surface area contributed by atoms with Gasteiger partial charge in [0.1, 0.15) is 5.75 Å². The van der Waals surface area contributed by atoms with Crippen molar-refractivity contribution in [3.05, 3.63) is 59.1 Å². The van der Waals surface area contributed by atoms with Crippen molar-refractivity contribution in [2.45, 2.75) is 6.54 Å². The molecule has 0 aliphatic carbocycles. The molecule has 0 amide bonds. The van der Waals surface area contributed by atoms with Gasteiger partial charge in [-0.05, 0) is 30.3 Å². The summed E-state index contributed by atoms with van der Waals surface area (Å²) in [5.41, 5.74) is 2.22. The third-order valence-electron chi connectivity index (χ3n) is 3.95. The summed E-state index contributed by atoms with van der Waals surface area (Å²) in [6.45, 7) is 4.79. The van der Waals surface area contributed by atoms with E-state index in [0.717, 1.165) is 43.3 Å². The number of rotatable bonds is 3. The van der Waals surface area contributed by atoms with Crippen molar-refractivity contribution in [1.29, 1.82) is 0 Å². The zero-order chi connectivity index (χ0) is 14.7. The number of anilines is 1. The maximum Gasteiger partial charge on any atom is 0.120 e. The number of phenols is 1. The normalized spacial score (nSPS) is 16.1. The zero-order valence-corrected chi connectivity index (χ0v) is 12.6. The van der Waals surface area contributed by atoms with Crippen LogP contribution in [-0.4, -0.2) is 36.2 Å². The smallest absolute Gasteiger partial charge is 0.120 e. The van der Waals surface area contributed by atoms with Crippen molar-refractivity contribution in [2.24, 2.45) is 0 Å². The van der Waals surface area contributed by atoms with Gasteiger partial charge in [0.25, 0.3) is 0 Å². The fourth-order valence-corrected chi connectivity index (χ4v) is 2.83. The van der Waals surface area contributed by atoms with E-state index in [1.165, 1.54) is 5.69 Å². The largest absolute Gasteiger partial charge is 0.508 e. The second-order valence-electron chi connectivity index (χ2n) is 5.37. The van der Waals surface area contributed by atoms with Crippen LogP contribution < -0.4 is 4.90 Å². The Balaban J connectivity index is 1.58. The Labute approximate surface area is 130 Å². The summed E-state index contributed by atoms with van der Waals surface area (Å²) in [5, 5.41) is 10.6. The minimum Gasteiger partial charge on any atom is -0.508 e. The van der Waals surface area contributed by atoms with Gasteiger partial charge in [-0.2, -0.15) is 0 Å². The summed E-state index contributed by atoms with van der Waals surface area (Å²) >= 11 is 5.93. The van der Waals surface area contributed by atoms with Crippen molar-refractivity contribution in [3.8, 4) is 5.75 Å². The summed E-state index contributed by atoms with van der Waals surface area (Å²) in [4.78, 5) is 4.75. The van der Waals surface area contributed by atoms with Crippen LogP contribution in [0.2, 0.25) is 5.02 Å². The fourth-order valence-electron chi connectivity index (χ4n) is 2.70. The van der Waals surface area contributed by atoms with Gasteiger partial charge < -0.3 is 10.0 Å². The van der Waals surface area contributed by atoms with Crippen LogP contribution in [0.25, 0.3) is 0 Å². The number of nitrogens with zero attached hydrogens (tertiary/aromatic N) is 2. The van der Waals surface area contributed by atoms with E-state index in [2.05, 4.69) is 21.9 Å². The van der Waals surface area contributed by atoms with Gasteiger partial charge in [-0.15, -0.1) is 0 Å². The topological polar surface area (TPSA) is 26.7 Å². The SMILES string of the molecule is Oc1ccccc1CN1CCN(c2ccc(Cl)cc2)CC1. The number of piperazine rings is 1. The van der Waals surface area contributed by atoms with Crippen molar-refractivity contribution in [2.75, 3.05) is 31.1 Å². The number of hydrogen-bond donors (Lipinski definition) is 1. The number of halogens is 1. The summed E-state index contributed by atoms with van der Waals surface area (Å²) in [5.74, 6) is 0.387. The quantitative estimate of drug-likeness (QED) is 0.942. The van der Waals surface area contributed by atoms with Crippen molar-refractivity contribution < 1.29 is 5.11 Å². The molecule has 3 rings (SSSR count). The molecule has 2 aromatic rings. The lowest BCUT2D eigenvalue weighted by molar-refractivity contribution is 0.247. The first-order chi connectivity index (χ1) is 10.2. The molecule has 0 aromatic heterocycles. The van der Waals surface area contributed by atoms with Gasteiger partial charge in [-0.1, -0.05) is 29.8 Å². The Morgan fingerprint density at radius 1 is 0.905 bits per heavy atom. The molecular weight excluding hydrogens is 284 g/mol. The van der Waals surface area contributed by atoms with Gasteiger partial charge in [0.15, 0.2) is 0 Å².